The van der Waals surface area contributed by atoms with E-state index in [4.69, 9.17) is 9.47 Å². The molecule has 2 aliphatic heterocycles. The van der Waals surface area contributed by atoms with Gasteiger partial charge >= 0.3 is 0 Å². The van der Waals surface area contributed by atoms with Gasteiger partial charge in [0.2, 0.25) is 0 Å². The first-order valence-corrected chi connectivity index (χ1v) is 13.7. The van der Waals surface area contributed by atoms with E-state index in [0.717, 1.165) is 56.2 Å². The van der Waals surface area contributed by atoms with Gasteiger partial charge in [-0.15, -0.1) is 0 Å². The van der Waals surface area contributed by atoms with Gasteiger partial charge in [0, 0.05) is 29.1 Å². The highest BCUT2D eigenvalue weighted by Crippen LogP contribution is 2.69. The van der Waals surface area contributed by atoms with Gasteiger partial charge in [0.25, 0.3) is 0 Å². The molecule has 3 heterocycles. The van der Waals surface area contributed by atoms with E-state index in [9.17, 15) is 0 Å². The Morgan fingerprint density at radius 1 is 1.20 bits per heavy atom. The molecule has 0 radical (unpaired) electrons. The number of rotatable bonds is 6. The predicted octanol–water partition coefficient (Wildman–Crippen LogP) is 4.88. The highest BCUT2D eigenvalue weighted by Gasteiger charge is 2.72. The largest absolute Gasteiger partial charge is 0.493 e. The van der Waals surface area contributed by atoms with Gasteiger partial charge in [-0.1, -0.05) is 31.2 Å². The van der Waals surface area contributed by atoms with Crippen molar-refractivity contribution < 1.29 is 9.47 Å². The number of hydrogen-bond acceptors (Lipinski definition) is 4. The van der Waals surface area contributed by atoms with Crippen LogP contribution in [0.2, 0.25) is 0 Å². The van der Waals surface area contributed by atoms with Gasteiger partial charge in [0.1, 0.15) is 0 Å². The third-order valence-corrected chi connectivity index (χ3v) is 10.0. The first kappa shape index (κ1) is 20.7. The van der Waals surface area contributed by atoms with Crippen LogP contribution in [-0.2, 0) is 18.3 Å². The summed E-state index contributed by atoms with van der Waals surface area (Å²) in [5.74, 6) is 2.77. The lowest BCUT2D eigenvalue weighted by Gasteiger charge is -2.65. The number of piperidine rings is 1. The molecule has 5 nitrogen and oxygen atoms in total. The maximum absolute atomic E-state index is 7.08. The zero-order valence-electron chi connectivity index (χ0n) is 20.8. The fraction of sp³-hybridized carbons (Fsp3) is 0.533. The average molecular weight is 470 g/mol. The zero-order valence-corrected chi connectivity index (χ0v) is 20.8. The zero-order chi connectivity index (χ0) is 23.4. The van der Waals surface area contributed by atoms with Crippen molar-refractivity contribution in [1.82, 2.24) is 15.2 Å². The standard InChI is InChI=1S/C30H35N3O2/c1-3-13-31-30-16-21-20-6-4-5-7-22(20)32-26(21)28-29(30)12-14-33(17-18-8-9-18)24(30)15-19-10-11-23(34-2)27(35-28)25(19)29/h4-7,10-11,18,24,28,31-32H,3,8-9,12-17H2,1-2H3/t24?,28-,29?,30+/m0/s1. The summed E-state index contributed by atoms with van der Waals surface area (Å²) in [6.07, 6.45) is 7.19. The number of nitrogens with one attached hydrogen (secondary N) is 2. The Bertz CT molecular complexity index is 1340. The van der Waals surface area contributed by atoms with Crippen LogP contribution in [0.25, 0.3) is 10.9 Å². The summed E-state index contributed by atoms with van der Waals surface area (Å²) < 4.78 is 13.0. The Morgan fingerprint density at radius 2 is 2.09 bits per heavy atom. The number of para-hydroxylation sites is 1. The molecule has 2 unspecified atom stereocenters. The molecule has 1 aromatic heterocycles. The second-order valence-corrected chi connectivity index (χ2v) is 11.6. The molecule has 2 bridgehead atoms. The molecule has 35 heavy (non-hydrogen) atoms. The third-order valence-electron chi connectivity index (χ3n) is 10.0. The molecule has 5 heteroatoms. The van der Waals surface area contributed by atoms with Crippen molar-refractivity contribution in [3.8, 4) is 11.5 Å². The molecule has 2 aromatic carbocycles. The lowest BCUT2D eigenvalue weighted by atomic mass is 9.47. The molecular weight excluding hydrogens is 434 g/mol. The van der Waals surface area contributed by atoms with Crippen LogP contribution in [0.15, 0.2) is 36.4 Å². The van der Waals surface area contributed by atoms with Crippen molar-refractivity contribution >= 4 is 10.9 Å². The number of hydrogen-bond donors (Lipinski definition) is 2. The van der Waals surface area contributed by atoms with E-state index in [2.05, 4.69) is 58.5 Å². The van der Waals surface area contributed by atoms with E-state index in [-0.39, 0.29) is 17.1 Å². The number of fused-ring (bicyclic) bond motifs is 4. The molecule has 1 spiro atoms. The number of H-pyrrole nitrogens is 1. The normalized spacial score (nSPS) is 32.3. The lowest BCUT2D eigenvalue weighted by molar-refractivity contribution is -0.0749. The third kappa shape index (κ3) is 2.46. The molecule has 182 valence electrons. The lowest BCUT2D eigenvalue weighted by Crippen LogP contribution is -2.79. The molecule has 4 atom stereocenters. The van der Waals surface area contributed by atoms with Gasteiger partial charge < -0.3 is 19.8 Å². The monoisotopic (exact) mass is 469 g/mol. The van der Waals surface area contributed by atoms with Gasteiger partial charge in [-0.2, -0.15) is 0 Å². The molecule has 0 amide bonds. The van der Waals surface area contributed by atoms with Crippen molar-refractivity contribution in [1.29, 1.82) is 0 Å². The van der Waals surface area contributed by atoms with Gasteiger partial charge in [0.05, 0.1) is 23.8 Å². The van der Waals surface area contributed by atoms with Crippen LogP contribution in [0.5, 0.6) is 11.5 Å². The summed E-state index contributed by atoms with van der Waals surface area (Å²) in [6, 6.07) is 13.8. The maximum atomic E-state index is 7.08. The summed E-state index contributed by atoms with van der Waals surface area (Å²) >= 11 is 0. The average Bonchev–Trinajstić information content (AvgIpc) is 3.52. The smallest absolute Gasteiger partial charge is 0.166 e. The number of likely N-dealkylation sites (tertiary alicyclic amines) is 1. The van der Waals surface area contributed by atoms with Crippen LogP contribution in [0, 0.1) is 5.92 Å². The Hall–Kier alpha value is -2.50. The number of aromatic nitrogens is 1. The summed E-state index contributed by atoms with van der Waals surface area (Å²) in [5, 5.41) is 5.62. The topological polar surface area (TPSA) is 49.5 Å². The summed E-state index contributed by atoms with van der Waals surface area (Å²) in [6.45, 7) is 5.74. The van der Waals surface area contributed by atoms with Gasteiger partial charge in [-0.3, -0.25) is 4.90 Å². The van der Waals surface area contributed by atoms with E-state index >= 15 is 0 Å². The number of methoxy groups -OCH3 is 1. The van der Waals surface area contributed by atoms with E-state index in [1.807, 2.05) is 0 Å². The first-order valence-electron chi connectivity index (χ1n) is 13.7. The van der Waals surface area contributed by atoms with Crippen molar-refractivity contribution in [3.05, 3.63) is 58.8 Å². The Balaban J connectivity index is 1.43. The molecule has 1 saturated carbocycles. The van der Waals surface area contributed by atoms with E-state index in [1.54, 1.807) is 7.11 Å². The second kappa shape index (κ2) is 7.04. The molecular formula is C30H35N3O2. The fourth-order valence-electron chi connectivity index (χ4n) is 8.45. The Labute approximate surface area is 207 Å². The minimum Gasteiger partial charge on any atom is -0.493 e. The van der Waals surface area contributed by atoms with Crippen molar-refractivity contribution in [3.63, 3.8) is 0 Å². The van der Waals surface area contributed by atoms with Crippen LogP contribution < -0.4 is 14.8 Å². The first-order chi connectivity index (χ1) is 17.2. The second-order valence-electron chi connectivity index (χ2n) is 11.6. The Morgan fingerprint density at radius 3 is 2.91 bits per heavy atom. The summed E-state index contributed by atoms with van der Waals surface area (Å²) in [4.78, 5) is 6.71. The van der Waals surface area contributed by atoms with Crippen LogP contribution >= 0.6 is 0 Å². The number of benzene rings is 2. The summed E-state index contributed by atoms with van der Waals surface area (Å²) in [7, 11) is 1.78. The Kier molecular flexibility index (Phi) is 4.16. The maximum Gasteiger partial charge on any atom is 0.166 e. The highest BCUT2D eigenvalue weighted by atomic mass is 16.5. The predicted molar refractivity (Wildman–Crippen MR) is 137 cm³/mol. The van der Waals surface area contributed by atoms with Crippen molar-refractivity contribution in [2.24, 2.45) is 5.92 Å². The molecule has 3 aromatic rings. The molecule has 8 rings (SSSR count). The number of aromatic amines is 1. The quantitative estimate of drug-likeness (QED) is 0.540. The SMILES string of the molecule is CCCN[C@@]12Cc3c([nH]c4ccccc34)[C@@H]3Oc4c(OC)ccc5c4C31CCN(CC1CC1)C2C5. The van der Waals surface area contributed by atoms with Gasteiger partial charge in [-0.05, 0) is 80.8 Å². The molecule has 3 aliphatic carbocycles. The minimum atomic E-state index is -0.0851. The molecule has 2 N–H and O–H groups in total. The van der Waals surface area contributed by atoms with Crippen LogP contribution in [0.4, 0.5) is 0 Å². The van der Waals surface area contributed by atoms with Gasteiger partial charge in [0.15, 0.2) is 17.6 Å². The van der Waals surface area contributed by atoms with Crippen molar-refractivity contribution in [2.45, 2.75) is 68.5 Å². The van der Waals surface area contributed by atoms with Gasteiger partial charge in [-0.25, -0.2) is 0 Å². The molecule has 2 fully saturated rings. The van der Waals surface area contributed by atoms with E-state index < -0.39 is 0 Å². The minimum absolute atomic E-state index is 0.0149. The van der Waals surface area contributed by atoms with Crippen LogP contribution in [0.3, 0.4) is 0 Å². The summed E-state index contributed by atoms with van der Waals surface area (Å²) in [5.41, 5.74) is 6.76. The number of nitrogens with zero attached hydrogens (tertiary/aromatic N) is 1. The van der Waals surface area contributed by atoms with Crippen molar-refractivity contribution in [2.75, 3.05) is 26.7 Å². The fourth-order valence-corrected chi connectivity index (χ4v) is 8.45. The van der Waals surface area contributed by atoms with Crippen LogP contribution in [0.1, 0.15) is 61.1 Å². The molecule has 5 aliphatic rings. The van der Waals surface area contributed by atoms with E-state index in [1.165, 1.54) is 52.7 Å². The van der Waals surface area contributed by atoms with E-state index in [0.29, 0.717) is 6.04 Å². The number of ether oxygens (including phenoxy) is 2. The highest BCUT2D eigenvalue weighted by molar-refractivity contribution is 5.86. The van der Waals surface area contributed by atoms with Crippen LogP contribution in [-0.4, -0.2) is 48.2 Å². The molecule has 1 saturated heterocycles.